The second kappa shape index (κ2) is 9.60. The average Bonchev–Trinajstić information content (AvgIpc) is 3.01. The third kappa shape index (κ3) is 5.26. The van der Waals surface area contributed by atoms with Crippen molar-refractivity contribution in [2.75, 3.05) is 13.2 Å². The number of para-hydroxylation sites is 2. The van der Waals surface area contributed by atoms with Crippen LogP contribution in [0.3, 0.4) is 0 Å². The van der Waals surface area contributed by atoms with E-state index >= 15 is 0 Å². The highest BCUT2D eigenvalue weighted by molar-refractivity contribution is 6.31. The van der Waals surface area contributed by atoms with Crippen LogP contribution in [-0.2, 0) is 17.8 Å². The molecule has 0 atom stereocenters. The van der Waals surface area contributed by atoms with Crippen LogP contribution in [0.2, 0.25) is 5.02 Å². The highest BCUT2D eigenvalue weighted by Crippen LogP contribution is 2.21. The van der Waals surface area contributed by atoms with Gasteiger partial charge < -0.3 is 14.6 Å². The number of nitrogens with one attached hydrogen (secondary N) is 1. The lowest BCUT2D eigenvalue weighted by Gasteiger charge is -2.11. The van der Waals surface area contributed by atoms with Crippen molar-refractivity contribution in [2.45, 2.75) is 39.7 Å². The number of halogens is 1. The van der Waals surface area contributed by atoms with Gasteiger partial charge in [-0.2, -0.15) is 0 Å². The van der Waals surface area contributed by atoms with E-state index in [1.54, 1.807) is 0 Å². The minimum atomic E-state index is -0.0164. The second-order valence-electron chi connectivity index (χ2n) is 6.87. The number of amides is 1. The Morgan fingerprint density at radius 3 is 2.82 bits per heavy atom. The number of benzene rings is 2. The molecular formula is C22H26ClN3O2. The fourth-order valence-corrected chi connectivity index (χ4v) is 3.30. The number of imidazole rings is 1. The van der Waals surface area contributed by atoms with Gasteiger partial charge in [-0.25, -0.2) is 4.98 Å². The van der Waals surface area contributed by atoms with Crippen LogP contribution in [0.15, 0.2) is 42.5 Å². The molecule has 1 N–H and O–H groups in total. The number of carbonyl (C=O) groups excluding carboxylic acids is 1. The van der Waals surface area contributed by atoms with E-state index in [9.17, 15) is 4.79 Å². The van der Waals surface area contributed by atoms with E-state index in [0.717, 1.165) is 59.0 Å². The van der Waals surface area contributed by atoms with Crippen LogP contribution in [0, 0.1) is 6.92 Å². The predicted molar refractivity (Wildman–Crippen MR) is 113 cm³/mol. The SMILES string of the molecule is CC(=O)NCCc1nc2ccccc2n1CCCCOc1ccc(Cl)c(C)c1. The Hall–Kier alpha value is -2.53. The number of ether oxygens (including phenoxy) is 1. The van der Waals surface area contributed by atoms with Gasteiger partial charge in [0.05, 0.1) is 17.6 Å². The van der Waals surface area contributed by atoms with Gasteiger partial charge in [-0.3, -0.25) is 4.79 Å². The normalized spacial score (nSPS) is 11.0. The minimum absolute atomic E-state index is 0.0164. The maximum atomic E-state index is 11.1. The molecule has 1 aromatic heterocycles. The van der Waals surface area contributed by atoms with Gasteiger partial charge in [0.15, 0.2) is 0 Å². The summed E-state index contributed by atoms with van der Waals surface area (Å²) in [6.45, 7) is 5.64. The summed E-state index contributed by atoms with van der Waals surface area (Å²) in [5.41, 5.74) is 3.15. The predicted octanol–water partition coefficient (Wildman–Crippen LogP) is 4.54. The quantitative estimate of drug-likeness (QED) is 0.537. The van der Waals surface area contributed by atoms with Gasteiger partial charge in [-0.15, -0.1) is 0 Å². The minimum Gasteiger partial charge on any atom is -0.494 e. The zero-order valence-electron chi connectivity index (χ0n) is 16.4. The molecule has 28 heavy (non-hydrogen) atoms. The number of fused-ring (bicyclic) bond motifs is 1. The number of rotatable bonds is 9. The smallest absolute Gasteiger partial charge is 0.216 e. The molecule has 0 aliphatic rings. The highest BCUT2D eigenvalue weighted by Gasteiger charge is 2.10. The van der Waals surface area contributed by atoms with E-state index in [4.69, 9.17) is 21.3 Å². The van der Waals surface area contributed by atoms with Crippen molar-refractivity contribution in [3.05, 3.63) is 58.9 Å². The molecule has 2 aromatic carbocycles. The maximum absolute atomic E-state index is 11.1. The fraction of sp³-hybridized carbons (Fsp3) is 0.364. The van der Waals surface area contributed by atoms with Gasteiger partial charge in [0, 0.05) is 31.5 Å². The lowest BCUT2D eigenvalue weighted by atomic mass is 10.2. The molecule has 1 heterocycles. The number of aromatic nitrogens is 2. The third-order valence-corrected chi connectivity index (χ3v) is 5.05. The maximum Gasteiger partial charge on any atom is 0.216 e. The van der Waals surface area contributed by atoms with Crippen LogP contribution >= 0.6 is 11.6 Å². The molecule has 0 saturated heterocycles. The fourth-order valence-electron chi connectivity index (χ4n) is 3.19. The van der Waals surface area contributed by atoms with E-state index in [1.165, 1.54) is 6.92 Å². The molecule has 148 valence electrons. The van der Waals surface area contributed by atoms with Gasteiger partial charge in [-0.1, -0.05) is 23.7 Å². The molecule has 0 aliphatic carbocycles. The van der Waals surface area contributed by atoms with Crippen LogP contribution < -0.4 is 10.1 Å². The Labute approximate surface area is 170 Å². The van der Waals surface area contributed by atoms with Crippen LogP contribution in [0.5, 0.6) is 5.75 Å². The monoisotopic (exact) mass is 399 g/mol. The molecule has 0 bridgehead atoms. The summed E-state index contributed by atoms with van der Waals surface area (Å²) >= 11 is 6.05. The molecule has 0 saturated carbocycles. The van der Waals surface area contributed by atoms with Crippen molar-refractivity contribution in [2.24, 2.45) is 0 Å². The first-order valence-corrected chi connectivity index (χ1v) is 10.00. The number of hydrogen-bond acceptors (Lipinski definition) is 3. The number of aryl methyl sites for hydroxylation is 2. The zero-order valence-corrected chi connectivity index (χ0v) is 17.1. The summed E-state index contributed by atoms with van der Waals surface area (Å²) in [4.78, 5) is 15.9. The summed E-state index contributed by atoms with van der Waals surface area (Å²) in [5, 5.41) is 3.60. The van der Waals surface area contributed by atoms with Gasteiger partial charge >= 0.3 is 0 Å². The summed E-state index contributed by atoms with van der Waals surface area (Å²) in [7, 11) is 0. The van der Waals surface area contributed by atoms with Crippen LogP contribution in [0.1, 0.15) is 31.2 Å². The number of carbonyl (C=O) groups is 1. The molecule has 0 aliphatic heterocycles. The van der Waals surface area contributed by atoms with Gasteiger partial charge in [-0.05, 0) is 55.7 Å². The standard InChI is InChI=1S/C22H26ClN3O2/c1-16-15-18(9-10-19(16)23)28-14-6-5-13-26-21-8-4-3-7-20(21)25-22(26)11-12-24-17(2)27/h3-4,7-10,15H,5-6,11-14H2,1-2H3,(H,24,27). The summed E-state index contributed by atoms with van der Waals surface area (Å²) in [6.07, 6.45) is 2.65. The Balaban J connectivity index is 1.56. The molecule has 0 radical (unpaired) electrons. The first-order valence-electron chi connectivity index (χ1n) is 9.62. The summed E-state index contributed by atoms with van der Waals surface area (Å²) in [5.74, 6) is 1.84. The lowest BCUT2D eigenvalue weighted by molar-refractivity contribution is -0.118. The Kier molecular flexibility index (Phi) is 6.93. The highest BCUT2D eigenvalue weighted by atomic mass is 35.5. The molecular weight excluding hydrogens is 374 g/mol. The number of hydrogen-bond donors (Lipinski definition) is 1. The molecule has 3 rings (SSSR count). The van der Waals surface area contributed by atoms with Crippen LogP contribution in [0.4, 0.5) is 0 Å². The Bertz CT molecular complexity index is 952. The molecule has 0 spiro atoms. The number of nitrogens with zero attached hydrogens (tertiary/aromatic N) is 2. The number of unbranched alkanes of at least 4 members (excludes halogenated alkanes) is 1. The van der Waals surface area contributed by atoms with Crippen molar-refractivity contribution in [3.63, 3.8) is 0 Å². The van der Waals surface area contributed by atoms with Gasteiger partial charge in [0.25, 0.3) is 0 Å². The molecule has 0 fully saturated rings. The van der Waals surface area contributed by atoms with Crippen molar-refractivity contribution in [1.82, 2.24) is 14.9 Å². The molecule has 1 amide bonds. The van der Waals surface area contributed by atoms with Crippen molar-refractivity contribution in [3.8, 4) is 5.75 Å². The molecule has 0 unspecified atom stereocenters. The summed E-state index contributed by atoms with van der Waals surface area (Å²) in [6, 6.07) is 13.9. The van der Waals surface area contributed by atoms with Crippen LogP contribution in [-0.4, -0.2) is 28.6 Å². The van der Waals surface area contributed by atoms with E-state index in [2.05, 4.69) is 16.0 Å². The third-order valence-electron chi connectivity index (χ3n) is 4.63. The summed E-state index contributed by atoms with van der Waals surface area (Å²) < 4.78 is 8.09. The largest absolute Gasteiger partial charge is 0.494 e. The van der Waals surface area contributed by atoms with Crippen molar-refractivity contribution >= 4 is 28.5 Å². The van der Waals surface area contributed by atoms with Crippen molar-refractivity contribution < 1.29 is 9.53 Å². The van der Waals surface area contributed by atoms with E-state index in [-0.39, 0.29) is 5.91 Å². The Morgan fingerprint density at radius 1 is 1.21 bits per heavy atom. The molecule has 3 aromatic rings. The van der Waals surface area contributed by atoms with E-state index in [0.29, 0.717) is 13.2 Å². The first kappa shape index (κ1) is 20.2. The van der Waals surface area contributed by atoms with Gasteiger partial charge in [0.2, 0.25) is 5.91 Å². The lowest BCUT2D eigenvalue weighted by Crippen LogP contribution is -2.23. The zero-order chi connectivity index (χ0) is 19.9. The Morgan fingerprint density at radius 2 is 2.04 bits per heavy atom. The van der Waals surface area contributed by atoms with Gasteiger partial charge in [0.1, 0.15) is 11.6 Å². The van der Waals surface area contributed by atoms with E-state index in [1.807, 2.05) is 43.3 Å². The van der Waals surface area contributed by atoms with Crippen molar-refractivity contribution in [1.29, 1.82) is 0 Å². The van der Waals surface area contributed by atoms with E-state index < -0.39 is 0 Å². The average molecular weight is 400 g/mol. The topological polar surface area (TPSA) is 56.2 Å². The first-order chi connectivity index (χ1) is 13.5. The van der Waals surface area contributed by atoms with Crippen LogP contribution in [0.25, 0.3) is 11.0 Å². The second-order valence-corrected chi connectivity index (χ2v) is 7.28. The molecule has 5 nitrogen and oxygen atoms in total. The molecule has 6 heteroatoms.